The van der Waals surface area contributed by atoms with Crippen LogP contribution in [-0.4, -0.2) is 64.3 Å². The lowest BCUT2D eigenvalue weighted by atomic mass is 9.51. The van der Waals surface area contributed by atoms with Gasteiger partial charge in [0.05, 0.1) is 29.4 Å². The molecule has 34 heavy (non-hydrogen) atoms. The summed E-state index contributed by atoms with van der Waals surface area (Å²) in [5, 5.41) is 31.1. The van der Waals surface area contributed by atoms with Crippen molar-refractivity contribution in [2.24, 2.45) is 17.3 Å². The number of likely N-dealkylation sites (N-methyl/N-ethyl adjacent to an activating group) is 1. The van der Waals surface area contributed by atoms with Crippen LogP contribution in [0.15, 0.2) is 30.3 Å². The number of hydrogen-bond acceptors (Lipinski definition) is 5. The number of fused-ring (bicyclic) bond motifs is 1. The van der Waals surface area contributed by atoms with Crippen molar-refractivity contribution in [3.8, 4) is 6.07 Å². The smallest absolute Gasteiger partial charge is 0.140 e. The van der Waals surface area contributed by atoms with E-state index < -0.39 is 29.1 Å². The van der Waals surface area contributed by atoms with Crippen molar-refractivity contribution in [3.05, 3.63) is 41.5 Å². The molecule has 1 aromatic rings. The Kier molecular flexibility index (Phi) is 4.76. The molecule has 5 aliphatic rings. The number of nitriles is 1. The van der Waals surface area contributed by atoms with Crippen LogP contribution >= 0.6 is 0 Å². The highest BCUT2D eigenvalue weighted by molar-refractivity contribution is 5.74. The number of aliphatic hydroxyl groups is 2. The number of aliphatic hydroxyl groups excluding tert-OH is 2. The number of ether oxygens (including phenoxy) is 1. The topological polar surface area (TPSA) is 76.7 Å². The Bertz CT molecular complexity index is 1080. The number of alkyl halides is 1. The average Bonchev–Trinajstić information content (AvgIpc) is 3.35. The Hall–Kier alpha value is -1.78. The minimum atomic E-state index is -1.50. The van der Waals surface area contributed by atoms with Crippen LogP contribution in [0.5, 0.6) is 0 Å². The highest BCUT2D eigenvalue weighted by Crippen LogP contribution is 2.72. The molecule has 2 heterocycles. The molecule has 5 nitrogen and oxygen atoms in total. The molecule has 4 fully saturated rings. The summed E-state index contributed by atoms with van der Waals surface area (Å²) in [6.45, 7) is 2.27. The zero-order chi connectivity index (χ0) is 24.1. The maximum Gasteiger partial charge on any atom is 0.140 e. The van der Waals surface area contributed by atoms with Gasteiger partial charge in [-0.2, -0.15) is 5.26 Å². The summed E-state index contributed by atoms with van der Waals surface area (Å²) in [7, 11) is 3.85. The number of allylic oxidation sites excluding steroid dienone is 2. The molecule has 0 aromatic heterocycles. The van der Waals surface area contributed by atoms with Gasteiger partial charge in [-0.05, 0) is 87.7 Å². The molecular formula is C28H35FN2O3. The van der Waals surface area contributed by atoms with Gasteiger partial charge in [0.1, 0.15) is 11.3 Å². The van der Waals surface area contributed by atoms with E-state index in [0.29, 0.717) is 24.8 Å². The molecule has 2 saturated carbocycles. The summed E-state index contributed by atoms with van der Waals surface area (Å²) in [6, 6.07) is 9.72. The first-order valence-electron chi connectivity index (χ1n) is 12.7. The summed E-state index contributed by atoms with van der Waals surface area (Å²) >= 11 is 0. The predicted octanol–water partition coefficient (Wildman–Crippen LogP) is 3.83. The normalized spacial score (nSPS) is 49.1. The van der Waals surface area contributed by atoms with Crippen molar-refractivity contribution in [2.75, 3.05) is 14.1 Å². The van der Waals surface area contributed by atoms with Gasteiger partial charge in [-0.3, -0.25) is 0 Å². The number of halogens is 1. The summed E-state index contributed by atoms with van der Waals surface area (Å²) in [6.07, 6.45) is 4.60. The molecule has 2 N–H and O–H groups in total. The first-order chi connectivity index (χ1) is 16.1. The molecule has 6 heteroatoms. The van der Waals surface area contributed by atoms with Crippen LogP contribution in [0.1, 0.15) is 63.0 Å². The summed E-state index contributed by atoms with van der Waals surface area (Å²) in [5.74, 6) is -0.345. The zero-order valence-corrected chi connectivity index (χ0v) is 20.3. The molecule has 3 aliphatic carbocycles. The first kappa shape index (κ1) is 22.7. The van der Waals surface area contributed by atoms with E-state index in [-0.39, 0.29) is 29.7 Å². The van der Waals surface area contributed by atoms with E-state index in [9.17, 15) is 15.5 Å². The highest BCUT2D eigenvalue weighted by Gasteiger charge is 2.77. The SMILES string of the molecule is CN(C)C1CC23CCC4(O2)C2CC=C(c5ccc(C#N)cc5)C2(C)CCC4(F)CC3C(O)C1O. The van der Waals surface area contributed by atoms with Crippen molar-refractivity contribution in [3.63, 3.8) is 0 Å². The lowest BCUT2D eigenvalue weighted by Gasteiger charge is -2.64. The van der Waals surface area contributed by atoms with Crippen LogP contribution in [0.3, 0.4) is 0 Å². The largest absolute Gasteiger partial charge is 0.390 e. The van der Waals surface area contributed by atoms with Crippen LogP contribution in [-0.2, 0) is 4.74 Å². The number of nitrogens with zero attached hydrogens (tertiary/aromatic N) is 2. The van der Waals surface area contributed by atoms with Gasteiger partial charge in [-0.15, -0.1) is 0 Å². The third-order valence-electron chi connectivity index (χ3n) is 10.5. The summed E-state index contributed by atoms with van der Waals surface area (Å²) in [5.41, 5.74) is -0.148. The molecular weight excluding hydrogens is 431 g/mol. The molecule has 2 bridgehead atoms. The van der Waals surface area contributed by atoms with Crippen LogP contribution in [0.25, 0.3) is 5.57 Å². The van der Waals surface area contributed by atoms with Gasteiger partial charge < -0.3 is 19.8 Å². The quantitative estimate of drug-likeness (QED) is 0.693. The van der Waals surface area contributed by atoms with Gasteiger partial charge in [-0.25, -0.2) is 4.39 Å². The molecule has 2 aliphatic heterocycles. The fourth-order valence-corrected chi connectivity index (χ4v) is 8.73. The van der Waals surface area contributed by atoms with Gasteiger partial charge in [0.15, 0.2) is 0 Å². The minimum absolute atomic E-state index is 0.0338. The molecule has 2 saturated heterocycles. The Balaban J connectivity index is 1.38. The molecule has 9 atom stereocenters. The van der Waals surface area contributed by atoms with Crippen molar-refractivity contribution >= 4 is 5.57 Å². The zero-order valence-electron chi connectivity index (χ0n) is 20.3. The average molecular weight is 467 g/mol. The Morgan fingerprint density at radius 1 is 1.06 bits per heavy atom. The van der Waals surface area contributed by atoms with Crippen molar-refractivity contribution in [1.82, 2.24) is 4.90 Å². The van der Waals surface area contributed by atoms with Crippen LogP contribution < -0.4 is 0 Å². The Morgan fingerprint density at radius 2 is 1.79 bits per heavy atom. The molecule has 2 spiro atoms. The van der Waals surface area contributed by atoms with Crippen molar-refractivity contribution in [2.45, 2.75) is 87.0 Å². The third-order valence-corrected chi connectivity index (χ3v) is 10.5. The number of rotatable bonds is 2. The van der Waals surface area contributed by atoms with E-state index in [1.54, 1.807) is 0 Å². The van der Waals surface area contributed by atoms with Crippen molar-refractivity contribution in [1.29, 1.82) is 5.26 Å². The monoisotopic (exact) mass is 466 g/mol. The molecule has 9 unspecified atom stereocenters. The van der Waals surface area contributed by atoms with E-state index >= 15 is 4.39 Å². The molecule has 1 aromatic carbocycles. The van der Waals surface area contributed by atoms with Crippen LogP contribution in [0, 0.1) is 28.6 Å². The van der Waals surface area contributed by atoms with E-state index in [0.717, 1.165) is 24.8 Å². The fourth-order valence-electron chi connectivity index (χ4n) is 8.73. The number of hydrogen-bond donors (Lipinski definition) is 2. The van der Waals surface area contributed by atoms with E-state index in [2.05, 4.69) is 19.1 Å². The molecule has 6 rings (SSSR count). The Morgan fingerprint density at radius 3 is 2.47 bits per heavy atom. The van der Waals surface area contributed by atoms with Gasteiger partial charge in [0, 0.05) is 17.9 Å². The van der Waals surface area contributed by atoms with Crippen LogP contribution in [0.4, 0.5) is 4.39 Å². The lowest BCUT2D eigenvalue weighted by molar-refractivity contribution is -0.314. The van der Waals surface area contributed by atoms with E-state index in [4.69, 9.17) is 4.74 Å². The second kappa shape index (κ2) is 7.13. The minimum Gasteiger partial charge on any atom is -0.390 e. The van der Waals surface area contributed by atoms with Gasteiger partial charge >= 0.3 is 0 Å². The summed E-state index contributed by atoms with van der Waals surface area (Å²) < 4.78 is 24.1. The predicted molar refractivity (Wildman–Crippen MR) is 126 cm³/mol. The second-order valence-electron chi connectivity index (χ2n) is 12.1. The standard InChI is InChI=1S/C28H35FN2O3/c1-25-10-12-27(29)14-20-23(32)24(33)21(31(2)3)15-26(20)11-13-28(27,34-26)22(25)9-8-19(25)18-6-4-17(16-30)5-7-18/h4-8,20-24,32-33H,9-15H2,1-3H3. The van der Waals surface area contributed by atoms with Crippen LogP contribution in [0.2, 0.25) is 0 Å². The molecule has 182 valence electrons. The maximum atomic E-state index is 17.1. The van der Waals surface area contributed by atoms with Gasteiger partial charge in [0.25, 0.3) is 0 Å². The fraction of sp³-hybridized carbons (Fsp3) is 0.679. The Labute approximate surface area is 201 Å². The molecule has 0 radical (unpaired) electrons. The summed E-state index contributed by atoms with van der Waals surface area (Å²) in [4.78, 5) is 1.97. The lowest BCUT2D eigenvalue weighted by Crippen LogP contribution is -2.72. The van der Waals surface area contributed by atoms with Crippen molar-refractivity contribution < 1.29 is 19.3 Å². The maximum absolute atomic E-state index is 17.1. The number of benzene rings is 1. The second-order valence-corrected chi connectivity index (χ2v) is 12.1. The van der Waals surface area contributed by atoms with E-state index in [1.165, 1.54) is 5.57 Å². The van der Waals surface area contributed by atoms with Gasteiger partial charge in [0.2, 0.25) is 0 Å². The first-order valence-corrected chi connectivity index (χ1v) is 12.7. The highest BCUT2D eigenvalue weighted by atomic mass is 19.1. The molecule has 0 amide bonds. The van der Waals surface area contributed by atoms with Gasteiger partial charge in [-0.1, -0.05) is 25.1 Å². The third kappa shape index (κ3) is 2.67. The van der Waals surface area contributed by atoms with E-state index in [1.807, 2.05) is 43.3 Å².